The highest BCUT2D eigenvalue weighted by atomic mass is 16.5. The van der Waals surface area contributed by atoms with Crippen molar-refractivity contribution in [1.29, 1.82) is 0 Å². The zero-order chi connectivity index (χ0) is 13.7. The van der Waals surface area contributed by atoms with E-state index in [2.05, 4.69) is 25.7 Å². The first-order valence-electron chi connectivity index (χ1n) is 8.50. The molecule has 0 aromatic rings. The minimum atomic E-state index is 0.0763. The molecular weight excluding hydrogens is 234 g/mol. The SMILES string of the molecule is CCCCC(C)(C)OC[C@@H]1CCCN2CCCC[C@@H]12. The monoisotopic (exact) mass is 267 g/mol. The van der Waals surface area contributed by atoms with E-state index in [1.807, 2.05) is 0 Å². The number of unbranched alkanes of at least 4 members (excludes halogenated alkanes) is 1. The summed E-state index contributed by atoms with van der Waals surface area (Å²) in [5, 5.41) is 0. The van der Waals surface area contributed by atoms with Crippen LogP contribution in [0.3, 0.4) is 0 Å². The number of piperidine rings is 2. The smallest absolute Gasteiger partial charge is 0.0626 e. The lowest BCUT2D eigenvalue weighted by atomic mass is 9.84. The Morgan fingerprint density at radius 1 is 1.11 bits per heavy atom. The lowest BCUT2D eigenvalue weighted by Crippen LogP contribution is -2.49. The van der Waals surface area contributed by atoms with E-state index in [1.54, 1.807) is 0 Å². The van der Waals surface area contributed by atoms with Gasteiger partial charge in [0.05, 0.1) is 12.2 Å². The minimum absolute atomic E-state index is 0.0763. The Kier molecular flexibility index (Phi) is 5.70. The molecule has 2 aliphatic rings. The van der Waals surface area contributed by atoms with Crippen LogP contribution in [0.15, 0.2) is 0 Å². The molecule has 0 N–H and O–H groups in total. The maximum atomic E-state index is 6.29. The molecular formula is C17H33NO. The van der Waals surface area contributed by atoms with Crippen molar-refractivity contribution in [2.24, 2.45) is 5.92 Å². The Hall–Kier alpha value is -0.0800. The van der Waals surface area contributed by atoms with Crippen molar-refractivity contribution >= 4 is 0 Å². The lowest BCUT2D eigenvalue weighted by Gasteiger charge is -2.45. The van der Waals surface area contributed by atoms with Crippen molar-refractivity contribution in [2.45, 2.75) is 83.8 Å². The first-order chi connectivity index (χ1) is 9.12. The predicted octanol–water partition coefficient (Wildman–Crippen LogP) is 4.24. The average Bonchev–Trinajstić information content (AvgIpc) is 2.43. The molecule has 112 valence electrons. The fourth-order valence-corrected chi connectivity index (χ4v) is 3.78. The molecule has 0 aromatic carbocycles. The third-order valence-corrected chi connectivity index (χ3v) is 5.05. The van der Waals surface area contributed by atoms with Crippen molar-refractivity contribution in [2.75, 3.05) is 19.7 Å². The number of nitrogens with zero attached hydrogens (tertiary/aromatic N) is 1. The molecule has 0 unspecified atom stereocenters. The fraction of sp³-hybridized carbons (Fsp3) is 1.00. The highest BCUT2D eigenvalue weighted by molar-refractivity contribution is 4.87. The molecule has 19 heavy (non-hydrogen) atoms. The topological polar surface area (TPSA) is 12.5 Å². The number of fused-ring (bicyclic) bond motifs is 1. The van der Waals surface area contributed by atoms with Crippen LogP contribution in [-0.2, 0) is 4.74 Å². The molecule has 2 heterocycles. The molecule has 2 saturated heterocycles. The van der Waals surface area contributed by atoms with Crippen molar-refractivity contribution < 1.29 is 4.74 Å². The molecule has 2 fully saturated rings. The van der Waals surface area contributed by atoms with Crippen LogP contribution in [0.2, 0.25) is 0 Å². The predicted molar refractivity (Wildman–Crippen MR) is 81.5 cm³/mol. The van der Waals surface area contributed by atoms with Crippen LogP contribution < -0.4 is 0 Å². The Bertz CT molecular complexity index is 262. The van der Waals surface area contributed by atoms with Crippen LogP contribution in [0.5, 0.6) is 0 Å². The summed E-state index contributed by atoms with van der Waals surface area (Å²) < 4.78 is 6.29. The molecule has 2 nitrogen and oxygen atoms in total. The highest BCUT2D eigenvalue weighted by Crippen LogP contribution is 2.32. The van der Waals surface area contributed by atoms with Gasteiger partial charge in [-0.2, -0.15) is 0 Å². The first kappa shape index (κ1) is 15.3. The normalized spacial score (nSPS) is 29.2. The Morgan fingerprint density at radius 2 is 1.89 bits per heavy atom. The maximum Gasteiger partial charge on any atom is 0.0626 e. The van der Waals surface area contributed by atoms with Gasteiger partial charge in [-0.1, -0.05) is 26.2 Å². The number of hydrogen-bond acceptors (Lipinski definition) is 2. The molecule has 0 amide bonds. The summed E-state index contributed by atoms with van der Waals surface area (Å²) in [5.74, 6) is 0.787. The largest absolute Gasteiger partial charge is 0.375 e. The fourth-order valence-electron chi connectivity index (χ4n) is 3.78. The second-order valence-electron chi connectivity index (χ2n) is 7.18. The van der Waals surface area contributed by atoms with E-state index in [9.17, 15) is 0 Å². The summed E-state index contributed by atoms with van der Waals surface area (Å²) in [4.78, 5) is 2.74. The molecule has 0 saturated carbocycles. The van der Waals surface area contributed by atoms with E-state index >= 15 is 0 Å². The summed E-state index contributed by atoms with van der Waals surface area (Å²) >= 11 is 0. The molecule has 0 aromatic heterocycles. The third-order valence-electron chi connectivity index (χ3n) is 5.05. The molecule has 2 heteroatoms. The molecule has 0 aliphatic carbocycles. The lowest BCUT2D eigenvalue weighted by molar-refractivity contribution is -0.0699. The number of hydrogen-bond donors (Lipinski definition) is 0. The van der Waals surface area contributed by atoms with E-state index in [0.717, 1.165) is 18.6 Å². The van der Waals surface area contributed by atoms with Gasteiger partial charge in [-0.3, -0.25) is 0 Å². The second-order valence-corrected chi connectivity index (χ2v) is 7.18. The molecule has 0 radical (unpaired) electrons. The van der Waals surface area contributed by atoms with Gasteiger partial charge in [0.25, 0.3) is 0 Å². The number of rotatable bonds is 6. The van der Waals surface area contributed by atoms with Crippen LogP contribution >= 0.6 is 0 Å². The summed E-state index contributed by atoms with van der Waals surface area (Å²) in [6.45, 7) is 10.4. The molecule has 2 rings (SSSR count). The van der Waals surface area contributed by atoms with Crippen LogP contribution in [0.1, 0.15) is 72.1 Å². The summed E-state index contributed by atoms with van der Waals surface area (Å²) in [6.07, 6.45) is 10.8. The van der Waals surface area contributed by atoms with Gasteiger partial charge in [-0.25, -0.2) is 0 Å². The van der Waals surface area contributed by atoms with Crippen molar-refractivity contribution in [3.63, 3.8) is 0 Å². The van der Waals surface area contributed by atoms with Crippen LogP contribution in [0.4, 0.5) is 0 Å². The Morgan fingerprint density at radius 3 is 2.68 bits per heavy atom. The van der Waals surface area contributed by atoms with Gasteiger partial charge in [0, 0.05) is 6.04 Å². The van der Waals surface area contributed by atoms with Crippen LogP contribution in [0.25, 0.3) is 0 Å². The maximum absolute atomic E-state index is 6.29. The van der Waals surface area contributed by atoms with Gasteiger partial charge < -0.3 is 9.64 Å². The number of ether oxygens (including phenoxy) is 1. The van der Waals surface area contributed by atoms with Gasteiger partial charge in [-0.15, -0.1) is 0 Å². The zero-order valence-electron chi connectivity index (χ0n) is 13.3. The van der Waals surface area contributed by atoms with Crippen LogP contribution in [-0.4, -0.2) is 36.2 Å². The van der Waals surface area contributed by atoms with Crippen molar-refractivity contribution in [3.05, 3.63) is 0 Å². The standard InChI is InChI=1S/C17H33NO/c1-4-5-11-17(2,3)19-14-15-9-8-13-18-12-7-6-10-16(15)18/h15-16H,4-14H2,1-3H3/t15-,16-/m0/s1. The van der Waals surface area contributed by atoms with Crippen molar-refractivity contribution in [1.82, 2.24) is 4.90 Å². The second kappa shape index (κ2) is 7.08. The highest BCUT2D eigenvalue weighted by Gasteiger charge is 2.34. The van der Waals surface area contributed by atoms with E-state index in [1.165, 1.54) is 64.5 Å². The van der Waals surface area contributed by atoms with Gasteiger partial charge >= 0.3 is 0 Å². The quantitative estimate of drug-likeness (QED) is 0.714. The molecule has 2 aliphatic heterocycles. The van der Waals surface area contributed by atoms with Crippen molar-refractivity contribution in [3.8, 4) is 0 Å². The summed E-state index contributed by atoms with van der Waals surface area (Å²) in [7, 11) is 0. The van der Waals surface area contributed by atoms with E-state index in [0.29, 0.717) is 0 Å². The Labute approximate surface area is 119 Å². The molecule has 2 atom stereocenters. The van der Waals surface area contributed by atoms with E-state index < -0.39 is 0 Å². The first-order valence-corrected chi connectivity index (χ1v) is 8.50. The minimum Gasteiger partial charge on any atom is -0.375 e. The molecule has 0 bridgehead atoms. The van der Waals surface area contributed by atoms with Crippen LogP contribution in [0, 0.1) is 5.92 Å². The van der Waals surface area contributed by atoms with Gasteiger partial charge in [0.1, 0.15) is 0 Å². The average molecular weight is 267 g/mol. The van der Waals surface area contributed by atoms with Gasteiger partial charge in [-0.05, 0) is 65.0 Å². The van der Waals surface area contributed by atoms with E-state index in [4.69, 9.17) is 4.74 Å². The molecule has 0 spiro atoms. The summed E-state index contributed by atoms with van der Waals surface area (Å²) in [5.41, 5.74) is 0.0763. The van der Waals surface area contributed by atoms with Gasteiger partial charge in [0.15, 0.2) is 0 Å². The Balaban J connectivity index is 1.80. The van der Waals surface area contributed by atoms with Gasteiger partial charge in [0.2, 0.25) is 0 Å². The zero-order valence-corrected chi connectivity index (χ0v) is 13.3. The summed E-state index contributed by atoms with van der Waals surface area (Å²) in [6, 6.07) is 0.824. The third kappa shape index (κ3) is 4.46. The van der Waals surface area contributed by atoms with E-state index in [-0.39, 0.29) is 5.60 Å².